The van der Waals surface area contributed by atoms with Crippen molar-refractivity contribution < 1.29 is 4.39 Å². The van der Waals surface area contributed by atoms with Crippen molar-refractivity contribution in [1.82, 2.24) is 4.37 Å². The Balaban J connectivity index is 1.90. The monoisotopic (exact) mass is 283 g/mol. The van der Waals surface area contributed by atoms with Crippen LogP contribution in [0.15, 0.2) is 29.2 Å². The number of nitrogens with one attached hydrogen (secondary N) is 1. The molecule has 0 unspecified atom stereocenters. The standard InChI is InChI=1S/C12H14FN3S2/c1-17-10-11(14)16-18-12(10)15-7-6-8-2-4-9(13)5-3-8/h2-5,15H,6-7H2,1H3,(H2,14,16). The van der Waals surface area contributed by atoms with Crippen LogP contribution < -0.4 is 11.1 Å². The van der Waals surface area contributed by atoms with Crippen LogP contribution in [0.1, 0.15) is 5.56 Å². The summed E-state index contributed by atoms with van der Waals surface area (Å²) in [7, 11) is 0. The highest BCUT2D eigenvalue weighted by atomic mass is 32.2. The maximum absolute atomic E-state index is 12.7. The Kier molecular flexibility index (Phi) is 4.43. The van der Waals surface area contributed by atoms with Crippen LogP contribution in [0.2, 0.25) is 0 Å². The van der Waals surface area contributed by atoms with E-state index in [0.717, 1.165) is 28.4 Å². The van der Waals surface area contributed by atoms with Gasteiger partial charge in [-0.05, 0) is 41.9 Å². The molecule has 2 rings (SSSR count). The SMILES string of the molecule is CSc1c(N)nsc1NCCc1ccc(F)cc1. The molecule has 0 saturated carbocycles. The molecule has 0 amide bonds. The topological polar surface area (TPSA) is 50.9 Å². The van der Waals surface area contributed by atoms with Crippen LogP contribution in [0.5, 0.6) is 0 Å². The molecule has 96 valence electrons. The van der Waals surface area contributed by atoms with E-state index in [2.05, 4.69) is 9.69 Å². The Labute approximate surface area is 114 Å². The van der Waals surface area contributed by atoms with Crippen molar-refractivity contribution in [3.8, 4) is 0 Å². The molecule has 0 bridgehead atoms. The van der Waals surface area contributed by atoms with Gasteiger partial charge in [-0.25, -0.2) is 4.39 Å². The number of rotatable bonds is 5. The number of nitrogens with two attached hydrogens (primary N) is 1. The van der Waals surface area contributed by atoms with E-state index in [-0.39, 0.29) is 5.82 Å². The van der Waals surface area contributed by atoms with Crippen molar-refractivity contribution in [3.63, 3.8) is 0 Å². The first-order valence-corrected chi connectivity index (χ1v) is 7.48. The molecule has 0 aliphatic carbocycles. The summed E-state index contributed by atoms with van der Waals surface area (Å²) in [4.78, 5) is 0.999. The summed E-state index contributed by atoms with van der Waals surface area (Å²) >= 11 is 2.96. The summed E-state index contributed by atoms with van der Waals surface area (Å²) < 4.78 is 16.8. The largest absolute Gasteiger partial charge is 0.382 e. The highest BCUT2D eigenvalue weighted by molar-refractivity contribution is 7.99. The maximum Gasteiger partial charge on any atom is 0.153 e. The average Bonchev–Trinajstić information content (AvgIpc) is 2.72. The minimum atomic E-state index is -0.202. The molecule has 0 saturated heterocycles. The van der Waals surface area contributed by atoms with Gasteiger partial charge in [0.05, 0.1) is 4.90 Å². The summed E-state index contributed by atoms with van der Waals surface area (Å²) in [6.45, 7) is 0.779. The first-order valence-electron chi connectivity index (χ1n) is 5.48. The zero-order chi connectivity index (χ0) is 13.0. The van der Waals surface area contributed by atoms with E-state index in [9.17, 15) is 4.39 Å². The first kappa shape index (κ1) is 13.2. The van der Waals surface area contributed by atoms with Crippen molar-refractivity contribution in [3.05, 3.63) is 35.6 Å². The van der Waals surface area contributed by atoms with E-state index in [1.165, 1.54) is 23.7 Å². The normalized spacial score (nSPS) is 10.6. The van der Waals surface area contributed by atoms with E-state index in [1.807, 2.05) is 6.26 Å². The number of aromatic nitrogens is 1. The fraction of sp³-hybridized carbons (Fsp3) is 0.250. The molecule has 3 N–H and O–H groups in total. The van der Waals surface area contributed by atoms with Crippen molar-refractivity contribution in [1.29, 1.82) is 0 Å². The molecule has 6 heteroatoms. The second-order valence-corrected chi connectivity index (χ2v) is 5.32. The molecule has 0 fully saturated rings. The van der Waals surface area contributed by atoms with Gasteiger partial charge in [0, 0.05) is 6.54 Å². The predicted octanol–water partition coefficient (Wildman–Crippen LogP) is 3.24. The molecular weight excluding hydrogens is 269 g/mol. The van der Waals surface area contributed by atoms with E-state index >= 15 is 0 Å². The van der Waals surface area contributed by atoms with Gasteiger partial charge in [-0.3, -0.25) is 0 Å². The number of nitrogens with zero attached hydrogens (tertiary/aromatic N) is 1. The van der Waals surface area contributed by atoms with Crippen molar-refractivity contribution in [2.24, 2.45) is 0 Å². The summed E-state index contributed by atoms with van der Waals surface area (Å²) in [5.74, 6) is 0.378. The first-order chi connectivity index (χ1) is 8.70. The van der Waals surface area contributed by atoms with Gasteiger partial charge in [-0.1, -0.05) is 12.1 Å². The van der Waals surface area contributed by atoms with Crippen molar-refractivity contribution >= 4 is 34.1 Å². The van der Waals surface area contributed by atoms with E-state index in [4.69, 9.17) is 5.73 Å². The van der Waals surface area contributed by atoms with Crippen LogP contribution in [0.3, 0.4) is 0 Å². The van der Waals surface area contributed by atoms with Crippen molar-refractivity contribution in [2.45, 2.75) is 11.3 Å². The summed E-state index contributed by atoms with van der Waals surface area (Å²) in [6, 6.07) is 6.56. The number of nitrogen functional groups attached to an aromatic ring is 1. The van der Waals surface area contributed by atoms with E-state index in [0.29, 0.717) is 5.82 Å². The van der Waals surface area contributed by atoms with Crippen molar-refractivity contribution in [2.75, 3.05) is 23.9 Å². The molecular formula is C12H14FN3S2. The Bertz CT molecular complexity index is 511. The zero-order valence-electron chi connectivity index (χ0n) is 9.94. The molecule has 1 aromatic carbocycles. The Hall–Kier alpha value is -1.27. The van der Waals surface area contributed by atoms with Crippen LogP contribution in [-0.2, 0) is 6.42 Å². The molecule has 1 heterocycles. The number of anilines is 2. The Morgan fingerprint density at radius 3 is 2.78 bits per heavy atom. The van der Waals surface area contributed by atoms with Gasteiger partial charge in [-0.15, -0.1) is 11.8 Å². The lowest BCUT2D eigenvalue weighted by atomic mass is 10.1. The van der Waals surface area contributed by atoms with Gasteiger partial charge >= 0.3 is 0 Å². The van der Waals surface area contributed by atoms with E-state index in [1.54, 1.807) is 23.9 Å². The van der Waals surface area contributed by atoms with Gasteiger partial charge in [0.25, 0.3) is 0 Å². The second-order valence-electron chi connectivity index (χ2n) is 3.73. The molecule has 2 aromatic rings. The second kappa shape index (κ2) is 6.06. The third-order valence-electron chi connectivity index (χ3n) is 2.49. The number of hydrogen-bond acceptors (Lipinski definition) is 5. The van der Waals surface area contributed by atoms with Crippen LogP contribution in [0.25, 0.3) is 0 Å². The molecule has 1 aromatic heterocycles. The minimum absolute atomic E-state index is 0.202. The highest BCUT2D eigenvalue weighted by Gasteiger charge is 2.09. The van der Waals surface area contributed by atoms with Gasteiger partial charge in [0.15, 0.2) is 5.82 Å². The summed E-state index contributed by atoms with van der Waals surface area (Å²) in [5.41, 5.74) is 6.85. The number of benzene rings is 1. The van der Waals surface area contributed by atoms with Gasteiger partial charge in [0.2, 0.25) is 0 Å². The highest BCUT2D eigenvalue weighted by Crippen LogP contribution is 2.34. The molecule has 0 aliphatic rings. The maximum atomic E-state index is 12.7. The molecule has 0 radical (unpaired) electrons. The lowest BCUT2D eigenvalue weighted by molar-refractivity contribution is 0.627. The average molecular weight is 283 g/mol. The lowest BCUT2D eigenvalue weighted by Crippen LogP contribution is -2.04. The summed E-state index contributed by atoms with van der Waals surface area (Å²) in [6.07, 6.45) is 2.82. The molecule has 0 aliphatic heterocycles. The predicted molar refractivity (Wildman–Crippen MR) is 76.9 cm³/mol. The third kappa shape index (κ3) is 3.14. The Morgan fingerprint density at radius 2 is 2.11 bits per heavy atom. The van der Waals surface area contributed by atoms with Crippen LogP contribution >= 0.6 is 23.3 Å². The van der Waals surface area contributed by atoms with Gasteiger partial charge < -0.3 is 11.1 Å². The minimum Gasteiger partial charge on any atom is -0.382 e. The van der Waals surface area contributed by atoms with E-state index < -0.39 is 0 Å². The molecule has 18 heavy (non-hydrogen) atoms. The number of hydrogen-bond donors (Lipinski definition) is 2. The van der Waals surface area contributed by atoms with Crippen LogP contribution in [0, 0.1) is 5.82 Å². The van der Waals surface area contributed by atoms with Crippen LogP contribution in [0.4, 0.5) is 15.2 Å². The lowest BCUT2D eigenvalue weighted by Gasteiger charge is -2.05. The third-order valence-corrected chi connectivity index (χ3v) is 4.26. The number of halogens is 1. The molecule has 0 spiro atoms. The quantitative estimate of drug-likeness (QED) is 0.827. The fourth-order valence-electron chi connectivity index (χ4n) is 1.58. The fourth-order valence-corrected chi connectivity index (χ4v) is 3.14. The van der Waals surface area contributed by atoms with Crippen LogP contribution in [-0.4, -0.2) is 17.2 Å². The molecule has 0 atom stereocenters. The van der Waals surface area contributed by atoms with Gasteiger partial charge in [0.1, 0.15) is 10.8 Å². The smallest absolute Gasteiger partial charge is 0.153 e. The zero-order valence-corrected chi connectivity index (χ0v) is 11.6. The summed E-state index contributed by atoms with van der Waals surface area (Å²) in [5, 5.41) is 4.31. The Morgan fingerprint density at radius 1 is 1.39 bits per heavy atom. The van der Waals surface area contributed by atoms with Gasteiger partial charge in [-0.2, -0.15) is 4.37 Å². The number of thioether (sulfide) groups is 1. The molecule has 3 nitrogen and oxygen atoms in total.